The normalized spacial score (nSPS) is 18.0. The first-order valence-electron chi connectivity index (χ1n) is 1.74. The van der Waals surface area contributed by atoms with Gasteiger partial charge in [0.05, 0.1) is 0 Å². The molecule has 0 N–H and O–H groups in total. The fourth-order valence-electron chi connectivity index (χ4n) is 0.276. The first-order valence-corrected chi connectivity index (χ1v) is 1.74. The van der Waals surface area contributed by atoms with E-state index in [-0.39, 0.29) is 0 Å². The fraction of sp³-hybridized carbons (Fsp3) is 0. The van der Waals surface area contributed by atoms with E-state index in [1.54, 1.807) is 12.2 Å². The Morgan fingerprint density at radius 1 is 1.00 bits per heavy atom. The average Bonchev–Trinajstić information content (AvgIpc) is 1.61. The summed E-state index contributed by atoms with van der Waals surface area (Å²) in [5, 5.41) is 0. The molecule has 0 aromatic rings. The molecule has 0 aliphatic heterocycles. The van der Waals surface area contributed by atoms with Gasteiger partial charge in [0.2, 0.25) is 0 Å². The molecular formula is C4H2B2. The minimum Gasteiger partial charge on any atom is -0.104 e. The maximum absolute atomic E-state index is 5.19. The number of hydrogen-bond donors (Lipinski definition) is 0. The highest BCUT2D eigenvalue weighted by Crippen LogP contribution is 2.09. The van der Waals surface area contributed by atoms with Crippen molar-refractivity contribution in [2.45, 2.75) is 0 Å². The second-order valence-corrected chi connectivity index (χ2v) is 1.24. The van der Waals surface area contributed by atoms with E-state index in [1.165, 1.54) is 0 Å². The summed E-state index contributed by atoms with van der Waals surface area (Å²) in [6.07, 6.45) is 3.55. The zero-order valence-corrected chi connectivity index (χ0v) is 3.31. The lowest BCUT2D eigenvalue weighted by Crippen LogP contribution is -1.93. The third-order valence-corrected chi connectivity index (χ3v) is 0.776. The van der Waals surface area contributed by atoms with Crippen LogP contribution < -0.4 is 0 Å². The standard InChI is InChI=1S/C4H2B2/c5-3-1-2-4(3)6/h1-2H. The van der Waals surface area contributed by atoms with E-state index in [0.717, 1.165) is 0 Å². The van der Waals surface area contributed by atoms with E-state index >= 15 is 0 Å². The van der Waals surface area contributed by atoms with Crippen molar-refractivity contribution >= 4 is 15.7 Å². The van der Waals surface area contributed by atoms with E-state index in [1.807, 2.05) is 0 Å². The molecule has 24 valence electrons. The molecule has 1 aliphatic carbocycles. The smallest absolute Gasteiger partial charge is 0.104 e. The van der Waals surface area contributed by atoms with E-state index < -0.39 is 0 Å². The number of hydrogen-bond acceptors (Lipinski definition) is 0. The molecule has 0 heterocycles. The Hall–Kier alpha value is -0.390. The van der Waals surface area contributed by atoms with Crippen LogP contribution in [0, 0.1) is 0 Å². The molecule has 0 atom stereocenters. The van der Waals surface area contributed by atoms with Gasteiger partial charge < -0.3 is 0 Å². The molecule has 0 amide bonds. The van der Waals surface area contributed by atoms with Gasteiger partial charge in [0.15, 0.2) is 0 Å². The monoisotopic (exact) mass is 72.0 g/mol. The third-order valence-electron chi connectivity index (χ3n) is 0.776. The summed E-state index contributed by atoms with van der Waals surface area (Å²) in [6, 6.07) is 0. The molecule has 1 rings (SSSR count). The van der Waals surface area contributed by atoms with Crippen LogP contribution in [0.5, 0.6) is 0 Å². The van der Waals surface area contributed by atoms with Crippen molar-refractivity contribution in [3.05, 3.63) is 23.1 Å². The van der Waals surface area contributed by atoms with Gasteiger partial charge in [-0.2, -0.15) is 0 Å². The molecule has 0 unspecified atom stereocenters. The van der Waals surface area contributed by atoms with Crippen molar-refractivity contribution in [2.24, 2.45) is 0 Å². The summed E-state index contributed by atoms with van der Waals surface area (Å²) in [5.74, 6) is 0. The van der Waals surface area contributed by atoms with Crippen molar-refractivity contribution < 1.29 is 0 Å². The molecule has 0 fully saturated rings. The van der Waals surface area contributed by atoms with Gasteiger partial charge in [-0.1, -0.05) is 12.2 Å². The Balaban J connectivity index is 2.71. The number of rotatable bonds is 0. The van der Waals surface area contributed by atoms with Gasteiger partial charge >= 0.3 is 0 Å². The molecule has 0 saturated carbocycles. The first-order chi connectivity index (χ1) is 2.80. The van der Waals surface area contributed by atoms with Crippen LogP contribution in [0.1, 0.15) is 0 Å². The van der Waals surface area contributed by atoms with Gasteiger partial charge in [0, 0.05) is 0 Å². The quantitative estimate of drug-likeness (QED) is 0.356. The Morgan fingerprint density at radius 3 is 1.33 bits per heavy atom. The molecule has 0 saturated heterocycles. The van der Waals surface area contributed by atoms with Crippen LogP contribution in [0.4, 0.5) is 0 Å². The Morgan fingerprint density at radius 2 is 1.33 bits per heavy atom. The Kier molecular flexibility index (Phi) is 0.655. The molecule has 6 heavy (non-hydrogen) atoms. The van der Waals surface area contributed by atoms with E-state index in [9.17, 15) is 0 Å². The molecule has 2 heteroatoms. The maximum Gasteiger partial charge on any atom is 0.112 e. The Labute approximate surface area is 39.8 Å². The van der Waals surface area contributed by atoms with Crippen LogP contribution in [0.15, 0.2) is 23.1 Å². The van der Waals surface area contributed by atoms with Gasteiger partial charge in [-0.15, -0.1) is 10.9 Å². The zero-order chi connectivity index (χ0) is 4.57. The molecule has 4 radical (unpaired) electrons. The number of allylic oxidation sites excluding steroid dienone is 4. The van der Waals surface area contributed by atoms with Crippen molar-refractivity contribution in [1.82, 2.24) is 0 Å². The van der Waals surface area contributed by atoms with Gasteiger partial charge in [0.1, 0.15) is 15.7 Å². The van der Waals surface area contributed by atoms with Crippen LogP contribution in [0.25, 0.3) is 0 Å². The lowest BCUT2D eigenvalue weighted by atomic mass is 9.74. The molecular weight excluding hydrogens is 69.7 g/mol. The van der Waals surface area contributed by atoms with Crippen LogP contribution in [-0.4, -0.2) is 15.7 Å². The van der Waals surface area contributed by atoms with E-state index in [2.05, 4.69) is 0 Å². The summed E-state index contributed by atoms with van der Waals surface area (Å²) < 4.78 is 0. The molecule has 0 aromatic heterocycles. The minimum atomic E-state index is 0.704. The molecule has 0 aromatic carbocycles. The Bertz CT molecular complexity index is 108. The SMILES string of the molecule is [B]C1=C([B])C=C1. The fourth-order valence-corrected chi connectivity index (χ4v) is 0.276. The van der Waals surface area contributed by atoms with Gasteiger partial charge in [-0.05, 0) is 0 Å². The van der Waals surface area contributed by atoms with Crippen LogP contribution >= 0.6 is 0 Å². The third kappa shape index (κ3) is 0.332. The van der Waals surface area contributed by atoms with E-state index in [0.29, 0.717) is 10.9 Å². The first kappa shape index (κ1) is 3.79. The van der Waals surface area contributed by atoms with Crippen LogP contribution in [0.3, 0.4) is 0 Å². The molecule has 0 bridgehead atoms. The summed E-state index contributed by atoms with van der Waals surface area (Å²) in [4.78, 5) is 0. The van der Waals surface area contributed by atoms with Crippen molar-refractivity contribution in [3.8, 4) is 0 Å². The molecule has 1 aliphatic rings. The second-order valence-electron chi connectivity index (χ2n) is 1.24. The summed E-state index contributed by atoms with van der Waals surface area (Å²) >= 11 is 0. The zero-order valence-electron chi connectivity index (χ0n) is 3.31. The highest BCUT2D eigenvalue weighted by Gasteiger charge is 1.93. The largest absolute Gasteiger partial charge is 0.112 e. The van der Waals surface area contributed by atoms with Gasteiger partial charge in [0.25, 0.3) is 0 Å². The summed E-state index contributed by atoms with van der Waals surface area (Å²) in [6.45, 7) is 0. The summed E-state index contributed by atoms with van der Waals surface area (Å²) in [5.41, 5.74) is 1.41. The highest BCUT2D eigenvalue weighted by molar-refractivity contribution is 6.36. The topological polar surface area (TPSA) is 0 Å². The lowest BCUT2D eigenvalue weighted by Gasteiger charge is -2.05. The molecule has 0 spiro atoms. The van der Waals surface area contributed by atoms with Crippen LogP contribution in [-0.2, 0) is 0 Å². The predicted molar refractivity (Wildman–Crippen MR) is 27.7 cm³/mol. The highest BCUT2D eigenvalue weighted by atomic mass is 13.9. The molecule has 0 nitrogen and oxygen atoms in total. The van der Waals surface area contributed by atoms with Crippen molar-refractivity contribution in [3.63, 3.8) is 0 Å². The van der Waals surface area contributed by atoms with Crippen molar-refractivity contribution in [2.75, 3.05) is 0 Å². The van der Waals surface area contributed by atoms with E-state index in [4.69, 9.17) is 15.7 Å². The van der Waals surface area contributed by atoms with Crippen molar-refractivity contribution in [1.29, 1.82) is 0 Å². The van der Waals surface area contributed by atoms with Gasteiger partial charge in [-0.25, -0.2) is 0 Å². The predicted octanol–water partition coefficient (Wildman–Crippen LogP) is 0.105. The van der Waals surface area contributed by atoms with Crippen LogP contribution in [0.2, 0.25) is 0 Å². The summed E-state index contributed by atoms with van der Waals surface area (Å²) in [7, 11) is 10.4. The second kappa shape index (κ2) is 1.04. The van der Waals surface area contributed by atoms with Gasteiger partial charge in [-0.3, -0.25) is 0 Å². The minimum absolute atomic E-state index is 0.704. The average molecular weight is 71.7 g/mol. The lowest BCUT2D eigenvalue weighted by molar-refractivity contribution is 1.68. The maximum atomic E-state index is 5.19.